The minimum absolute atomic E-state index is 0.264. The number of rotatable bonds is 9. The predicted octanol–water partition coefficient (Wildman–Crippen LogP) is 12.3. The molecule has 9 nitrogen and oxygen atoms in total. The van der Waals surface area contributed by atoms with Gasteiger partial charge in [0.1, 0.15) is 11.5 Å². The fourth-order valence-electron chi connectivity index (χ4n) is 5.82. The van der Waals surface area contributed by atoms with Gasteiger partial charge in [-0.05, 0) is 112 Å². The first-order valence-corrected chi connectivity index (χ1v) is 18.8. The summed E-state index contributed by atoms with van der Waals surface area (Å²) in [4.78, 5) is 3.41. The molecule has 0 bridgehead atoms. The lowest BCUT2D eigenvalue weighted by Crippen LogP contribution is -2.28. The first-order valence-electron chi connectivity index (χ1n) is 18.8. The van der Waals surface area contributed by atoms with Crippen LogP contribution in [-0.4, -0.2) is 32.8 Å². The molecule has 59 heavy (non-hydrogen) atoms. The second-order valence-electron chi connectivity index (χ2n) is 13.9. The highest BCUT2D eigenvalue weighted by Crippen LogP contribution is 2.35. The lowest BCUT2D eigenvalue weighted by atomic mass is 9.93. The number of ether oxygens (including phenoxy) is 3. The van der Waals surface area contributed by atoms with Crippen LogP contribution in [0.4, 0.5) is 32.0 Å². The van der Waals surface area contributed by atoms with Crippen LogP contribution in [0.15, 0.2) is 109 Å². The molecule has 7 rings (SSSR count). The van der Waals surface area contributed by atoms with Crippen LogP contribution in [0.3, 0.4) is 0 Å². The first-order chi connectivity index (χ1) is 28.0. The SMILES string of the molecule is C1CCOC1.CCn1nc(Oc2ccc(C(F)(F)F)cc2)cc1-c1cccc(C(C)(C)N)c1.[C-]#[N+]c1cccc(-c2cc(Oc3ccc(C(F)(F)F)cc3)nn2CC)c1. The van der Waals surface area contributed by atoms with Crippen molar-refractivity contribution in [3.63, 3.8) is 0 Å². The van der Waals surface area contributed by atoms with Gasteiger partial charge in [0.25, 0.3) is 0 Å². The summed E-state index contributed by atoms with van der Waals surface area (Å²) >= 11 is 0. The first kappa shape index (κ1) is 44.0. The summed E-state index contributed by atoms with van der Waals surface area (Å²) in [6.45, 7) is 18.0. The van der Waals surface area contributed by atoms with Crippen LogP contribution in [0.1, 0.15) is 57.2 Å². The fourth-order valence-corrected chi connectivity index (χ4v) is 5.82. The molecule has 0 aliphatic carbocycles. The third-order valence-corrected chi connectivity index (χ3v) is 8.92. The molecule has 1 aliphatic rings. The van der Waals surface area contributed by atoms with Crippen molar-refractivity contribution in [1.82, 2.24) is 19.6 Å². The number of alkyl halides is 6. The van der Waals surface area contributed by atoms with E-state index in [4.69, 9.17) is 26.5 Å². The largest absolute Gasteiger partial charge is 0.438 e. The van der Waals surface area contributed by atoms with E-state index >= 15 is 0 Å². The van der Waals surface area contributed by atoms with E-state index in [1.54, 1.807) is 39.7 Å². The van der Waals surface area contributed by atoms with Crippen LogP contribution in [0.2, 0.25) is 0 Å². The minimum Gasteiger partial charge on any atom is -0.438 e. The maximum Gasteiger partial charge on any atom is 0.416 e. The normalized spacial score (nSPS) is 12.8. The van der Waals surface area contributed by atoms with Gasteiger partial charge in [-0.3, -0.25) is 9.36 Å². The lowest BCUT2D eigenvalue weighted by molar-refractivity contribution is -0.138. The molecular formula is C44H44F6N6O3. The number of aromatic nitrogens is 4. The Hall–Kier alpha value is -6.11. The predicted molar refractivity (Wildman–Crippen MR) is 213 cm³/mol. The molecule has 0 amide bonds. The van der Waals surface area contributed by atoms with Crippen LogP contribution >= 0.6 is 0 Å². The summed E-state index contributed by atoms with van der Waals surface area (Å²) in [5, 5.41) is 8.73. The van der Waals surface area contributed by atoms with Crippen molar-refractivity contribution in [2.45, 2.75) is 71.5 Å². The molecule has 0 atom stereocenters. The van der Waals surface area contributed by atoms with Gasteiger partial charge in [-0.15, -0.1) is 10.2 Å². The summed E-state index contributed by atoms with van der Waals surface area (Å²) < 4.78 is 95.6. The molecule has 2 N–H and O–H groups in total. The molecule has 0 spiro atoms. The third-order valence-electron chi connectivity index (χ3n) is 8.92. The number of aryl methyl sites for hydroxylation is 2. The van der Waals surface area contributed by atoms with E-state index in [0.717, 1.165) is 65.6 Å². The Labute approximate surface area is 338 Å². The van der Waals surface area contributed by atoms with E-state index in [9.17, 15) is 26.3 Å². The Bertz CT molecular complexity index is 2310. The van der Waals surface area contributed by atoms with Gasteiger partial charge in [0.05, 0.1) is 29.1 Å². The molecule has 4 aromatic carbocycles. The number of benzene rings is 4. The molecule has 310 valence electrons. The molecule has 0 unspecified atom stereocenters. The van der Waals surface area contributed by atoms with Crippen molar-refractivity contribution < 1.29 is 40.6 Å². The van der Waals surface area contributed by atoms with Crippen molar-refractivity contribution >= 4 is 5.69 Å². The van der Waals surface area contributed by atoms with Gasteiger partial charge < -0.3 is 19.9 Å². The second-order valence-corrected chi connectivity index (χ2v) is 13.9. The number of hydrogen-bond acceptors (Lipinski definition) is 6. The van der Waals surface area contributed by atoms with Gasteiger partial charge in [0, 0.05) is 49.5 Å². The molecule has 0 saturated carbocycles. The van der Waals surface area contributed by atoms with Crippen LogP contribution in [0.25, 0.3) is 27.4 Å². The Morgan fingerprint density at radius 1 is 0.644 bits per heavy atom. The van der Waals surface area contributed by atoms with Gasteiger partial charge in [-0.2, -0.15) is 26.3 Å². The number of hydrogen-bond donors (Lipinski definition) is 1. The summed E-state index contributed by atoms with van der Waals surface area (Å²) in [5.74, 6) is 1.14. The van der Waals surface area contributed by atoms with Crippen LogP contribution in [0.5, 0.6) is 23.3 Å². The van der Waals surface area contributed by atoms with Gasteiger partial charge in [-0.25, -0.2) is 4.85 Å². The Morgan fingerprint density at radius 2 is 1.08 bits per heavy atom. The maximum atomic E-state index is 12.7. The summed E-state index contributed by atoms with van der Waals surface area (Å²) in [6, 6.07) is 27.4. The van der Waals surface area contributed by atoms with Gasteiger partial charge in [-0.1, -0.05) is 36.4 Å². The van der Waals surface area contributed by atoms with E-state index < -0.39 is 29.0 Å². The Balaban J connectivity index is 0.000000200. The molecule has 1 fully saturated rings. The van der Waals surface area contributed by atoms with E-state index in [1.165, 1.54) is 37.1 Å². The van der Waals surface area contributed by atoms with Crippen LogP contribution < -0.4 is 15.2 Å². The van der Waals surface area contributed by atoms with E-state index in [2.05, 4.69) is 15.0 Å². The van der Waals surface area contributed by atoms with Gasteiger partial charge >= 0.3 is 12.4 Å². The zero-order valence-electron chi connectivity index (χ0n) is 32.9. The second kappa shape index (κ2) is 19.1. The topological polar surface area (TPSA) is 93.7 Å². The molecule has 15 heteroatoms. The van der Waals surface area contributed by atoms with Crippen molar-refractivity contribution in [3.8, 4) is 45.8 Å². The van der Waals surface area contributed by atoms with Crippen molar-refractivity contribution in [3.05, 3.63) is 137 Å². The average molecular weight is 819 g/mol. The molecule has 1 aliphatic heterocycles. The van der Waals surface area contributed by atoms with Crippen molar-refractivity contribution in [2.24, 2.45) is 5.73 Å². The highest BCUT2D eigenvalue weighted by molar-refractivity contribution is 5.67. The molecule has 6 aromatic rings. The smallest absolute Gasteiger partial charge is 0.416 e. The van der Waals surface area contributed by atoms with Crippen LogP contribution in [0, 0.1) is 6.57 Å². The molecule has 0 radical (unpaired) electrons. The average Bonchev–Trinajstić information content (AvgIpc) is 4.01. The summed E-state index contributed by atoms with van der Waals surface area (Å²) in [7, 11) is 0. The quantitative estimate of drug-likeness (QED) is 0.115. The summed E-state index contributed by atoms with van der Waals surface area (Å²) in [5.41, 5.74) is 9.12. The van der Waals surface area contributed by atoms with Crippen molar-refractivity contribution in [2.75, 3.05) is 13.2 Å². The maximum absolute atomic E-state index is 12.7. The Kier molecular flexibility index (Phi) is 14.2. The molecule has 3 heterocycles. The van der Waals surface area contributed by atoms with Crippen LogP contribution in [-0.2, 0) is 35.7 Å². The number of nitrogens with zero attached hydrogens (tertiary/aromatic N) is 5. The van der Waals surface area contributed by atoms with E-state index in [0.29, 0.717) is 24.7 Å². The molecule has 1 saturated heterocycles. The lowest BCUT2D eigenvalue weighted by Gasteiger charge is -2.20. The molecule has 2 aromatic heterocycles. The summed E-state index contributed by atoms with van der Waals surface area (Å²) in [6.07, 6.45) is -6.21. The standard InChI is InChI=1S/C21H22F3N3O.C19H14F3N3O.C4H8O/c1-4-27-18(14-6-5-7-16(12-14)20(2,3)25)13-19(26-27)28-17-10-8-15(9-11-17)21(22,23)24;1-3-25-17(13-5-4-6-15(11-13)23-2)12-18(24-25)26-16-9-7-14(8-10-16)19(20,21)22;1-2-4-5-3-1/h5-13H,4,25H2,1-3H3;4-12H,3H2,1H3;1-4H2. The number of nitrogens with two attached hydrogens (primary N) is 1. The molecular weight excluding hydrogens is 775 g/mol. The third kappa shape index (κ3) is 12.2. The van der Waals surface area contributed by atoms with E-state index in [1.807, 2.05) is 58.0 Å². The van der Waals surface area contributed by atoms with Crippen molar-refractivity contribution in [1.29, 1.82) is 0 Å². The Morgan fingerprint density at radius 3 is 1.46 bits per heavy atom. The highest BCUT2D eigenvalue weighted by atomic mass is 19.4. The van der Waals surface area contributed by atoms with Gasteiger partial charge in [0.15, 0.2) is 5.69 Å². The monoisotopic (exact) mass is 818 g/mol. The minimum atomic E-state index is -4.39. The highest BCUT2D eigenvalue weighted by Gasteiger charge is 2.31. The van der Waals surface area contributed by atoms with Gasteiger partial charge in [0.2, 0.25) is 11.8 Å². The number of halogens is 6. The van der Waals surface area contributed by atoms with E-state index in [-0.39, 0.29) is 17.4 Å². The zero-order valence-corrected chi connectivity index (χ0v) is 32.9. The zero-order chi connectivity index (χ0) is 42.8. The fraction of sp³-hybridized carbons (Fsp3) is 0.295.